The summed E-state index contributed by atoms with van der Waals surface area (Å²) < 4.78 is 42.6. The predicted octanol–water partition coefficient (Wildman–Crippen LogP) is 2.75. The Hall–Kier alpha value is -2.14. The Kier molecular flexibility index (Phi) is 8.38. The minimum absolute atomic E-state index is 0.00827. The molecule has 0 unspecified atom stereocenters. The fourth-order valence-corrected chi connectivity index (χ4v) is 4.95. The van der Waals surface area contributed by atoms with Gasteiger partial charge in [0.1, 0.15) is 18.5 Å². The highest BCUT2D eigenvalue weighted by Gasteiger charge is 2.30. The summed E-state index contributed by atoms with van der Waals surface area (Å²) in [6, 6.07) is 0.00827. The van der Waals surface area contributed by atoms with Crippen LogP contribution < -0.4 is 9.47 Å². The SMILES string of the molecule is Cc1c(OC2CCN(C(=O)OC(C)C)CC2)ncnc1O[C@H]1CC[C@H](N(C)S(C)(=O)=O)CC1. The van der Waals surface area contributed by atoms with Crippen molar-refractivity contribution in [1.29, 1.82) is 0 Å². The summed E-state index contributed by atoms with van der Waals surface area (Å²) in [5.41, 5.74) is 0.745. The molecule has 186 valence electrons. The molecule has 0 radical (unpaired) electrons. The monoisotopic (exact) mass is 484 g/mol. The van der Waals surface area contributed by atoms with Gasteiger partial charge in [-0.1, -0.05) is 0 Å². The van der Waals surface area contributed by atoms with E-state index < -0.39 is 10.0 Å². The number of rotatable bonds is 7. The first kappa shape index (κ1) is 25.5. The zero-order chi connectivity index (χ0) is 24.2. The highest BCUT2D eigenvalue weighted by molar-refractivity contribution is 7.88. The summed E-state index contributed by atoms with van der Waals surface area (Å²) >= 11 is 0. The summed E-state index contributed by atoms with van der Waals surface area (Å²) in [6.45, 7) is 6.71. The Morgan fingerprint density at radius 2 is 1.55 bits per heavy atom. The van der Waals surface area contributed by atoms with Crippen LogP contribution in [0.5, 0.6) is 11.8 Å². The summed E-state index contributed by atoms with van der Waals surface area (Å²) in [5, 5.41) is 0. The number of carbonyl (C=O) groups is 1. The highest BCUT2D eigenvalue weighted by Crippen LogP contribution is 2.30. The minimum atomic E-state index is -3.19. The number of nitrogens with zero attached hydrogens (tertiary/aromatic N) is 4. The molecule has 3 rings (SSSR count). The van der Waals surface area contributed by atoms with Crippen LogP contribution in [0.2, 0.25) is 0 Å². The Labute approximate surface area is 196 Å². The van der Waals surface area contributed by atoms with Gasteiger partial charge in [0.15, 0.2) is 0 Å². The Bertz CT molecular complexity index is 909. The van der Waals surface area contributed by atoms with Crippen molar-refractivity contribution >= 4 is 16.1 Å². The molecule has 33 heavy (non-hydrogen) atoms. The molecule has 2 fully saturated rings. The number of piperidine rings is 1. The summed E-state index contributed by atoms with van der Waals surface area (Å²) in [6.07, 6.45) is 6.61. The molecule has 0 aromatic carbocycles. The number of likely N-dealkylation sites (tertiary alicyclic amines) is 1. The number of carbonyl (C=O) groups excluding carboxylic acids is 1. The fourth-order valence-electron chi connectivity index (χ4n) is 4.20. The lowest BCUT2D eigenvalue weighted by Gasteiger charge is -2.33. The van der Waals surface area contributed by atoms with Crippen LogP contribution in [0.1, 0.15) is 57.9 Å². The second-order valence-electron chi connectivity index (χ2n) is 9.17. The molecule has 1 aliphatic carbocycles. The molecule has 0 bridgehead atoms. The molecule has 1 aromatic heterocycles. The molecule has 1 amide bonds. The lowest BCUT2D eigenvalue weighted by atomic mass is 9.93. The quantitative estimate of drug-likeness (QED) is 0.581. The molecule has 2 heterocycles. The number of hydrogen-bond donors (Lipinski definition) is 0. The summed E-state index contributed by atoms with van der Waals surface area (Å²) in [7, 11) is -1.56. The molecule has 1 aromatic rings. The van der Waals surface area contributed by atoms with Gasteiger partial charge in [-0.2, -0.15) is 0 Å². The zero-order valence-electron chi connectivity index (χ0n) is 20.2. The van der Waals surface area contributed by atoms with E-state index in [4.69, 9.17) is 14.2 Å². The predicted molar refractivity (Wildman–Crippen MR) is 123 cm³/mol. The molecule has 2 aliphatic rings. The normalized spacial score (nSPS) is 22.5. The second kappa shape index (κ2) is 10.9. The zero-order valence-corrected chi connectivity index (χ0v) is 21.0. The maximum Gasteiger partial charge on any atom is 0.410 e. The third kappa shape index (κ3) is 6.92. The lowest BCUT2D eigenvalue weighted by Crippen LogP contribution is -2.42. The van der Waals surface area contributed by atoms with Gasteiger partial charge < -0.3 is 19.1 Å². The number of hydrogen-bond acceptors (Lipinski definition) is 8. The molecule has 1 aliphatic heterocycles. The highest BCUT2D eigenvalue weighted by atomic mass is 32.2. The molecular weight excluding hydrogens is 448 g/mol. The first-order valence-electron chi connectivity index (χ1n) is 11.6. The van der Waals surface area contributed by atoms with Crippen molar-refractivity contribution in [2.45, 2.75) is 83.6 Å². The summed E-state index contributed by atoms with van der Waals surface area (Å²) in [4.78, 5) is 22.4. The third-order valence-corrected chi connectivity index (χ3v) is 7.61. The van der Waals surface area contributed by atoms with Gasteiger partial charge in [0.2, 0.25) is 21.8 Å². The molecule has 0 spiro atoms. The standard InChI is InChI=1S/C22H36N4O6S/c1-15(2)30-22(27)26-12-10-19(11-13-26)32-21-16(3)20(23-14-24-21)31-18-8-6-17(7-9-18)25(4)33(5,28)29/h14-15,17-19H,6-13H2,1-5H3/t17-,18-. The van der Waals surface area contributed by atoms with Crippen molar-refractivity contribution in [1.82, 2.24) is 19.2 Å². The van der Waals surface area contributed by atoms with Crippen molar-refractivity contribution in [3.8, 4) is 11.8 Å². The van der Waals surface area contributed by atoms with Crippen molar-refractivity contribution in [3.63, 3.8) is 0 Å². The van der Waals surface area contributed by atoms with Gasteiger partial charge in [0.05, 0.1) is 17.9 Å². The lowest BCUT2D eigenvalue weighted by molar-refractivity contribution is 0.0503. The maximum atomic E-state index is 12.1. The van der Waals surface area contributed by atoms with Gasteiger partial charge in [0, 0.05) is 39.0 Å². The Balaban J connectivity index is 1.52. The van der Waals surface area contributed by atoms with Gasteiger partial charge in [-0.05, 0) is 46.5 Å². The van der Waals surface area contributed by atoms with E-state index in [1.807, 2.05) is 20.8 Å². The van der Waals surface area contributed by atoms with Crippen LogP contribution in [0.3, 0.4) is 0 Å². The average molecular weight is 485 g/mol. The molecule has 11 heteroatoms. The van der Waals surface area contributed by atoms with E-state index in [9.17, 15) is 13.2 Å². The molecule has 1 saturated heterocycles. The van der Waals surface area contributed by atoms with Gasteiger partial charge in [-0.25, -0.2) is 27.5 Å². The second-order valence-corrected chi connectivity index (χ2v) is 11.2. The fraction of sp³-hybridized carbons (Fsp3) is 0.773. The van der Waals surface area contributed by atoms with Gasteiger partial charge >= 0.3 is 6.09 Å². The first-order chi connectivity index (χ1) is 15.5. The molecule has 1 saturated carbocycles. The first-order valence-corrected chi connectivity index (χ1v) is 13.4. The van der Waals surface area contributed by atoms with E-state index in [0.717, 1.165) is 31.2 Å². The van der Waals surface area contributed by atoms with Crippen LogP contribution in [0.15, 0.2) is 6.33 Å². The van der Waals surface area contributed by atoms with Gasteiger partial charge in [0.25, 0.3) is 0 Å². The van der Waals surface area contributed by atoms with Crippen molar-refractivity contribution in [2.24, 2.45) is 0 Å². The van der Waals surface area contributed by atoms with E-state index in [1.54, 1.807) is 11.9 Å². The van der Waals surface area contributed by atoms with Gasteiger partial charge in [-0.15, -0.1) is 0 Å². The van der Waals surface area contributed by atoms with Crippen molar-refractivity contribution < 1.29 is 27.4 Å². The number of aromatic nitrogens is 2. The summed E-state index contributed by atoms with van der Waals surface area (Å²) in [5.74, 6) is 0.992. The largest absolute Gasteiger partial charge is 0.474 e. The third-order valence-electron chi connectivity index (χ3n) is 6.27. The number of sulfonamides is 1. The van der Waals surface area contributed by atoms with E-state index in [1.165, 1.54) is 16.9 Å². The van der Waals surface area contributed by atoms with E-state index in [0.29, 0.717) is 37.7 Å². The molecular formula is C22H36N4O6S. The number of ether oxygens (including phenoxy) is 3. The van der Waals surface area contributed by atoms with E-state index >= 15 is 0 Å². The van der Waals surface area contributed by atoms with Crippen LogP contribution in [-0.2, 0) is 14.8 Å². The minimum Gasteiger partial charge on any atom is -0.474 e. The van der Waals surface area contributed by atoms with Crippen molar-refractivity contribution in [3.05, 3.63) is 11.9 Å². The molecule has 0 N–H and O–H groups in total. The number of amides is 1. The topological polar surface area (TPSA) is 111 Å². The van der Waals surface area contributed by atoms with E-state index in [2.05, 4.69) is 9.97 Å². The van der Waals surface area contributed by atoms with E-state index in [-0.39, 0.29) is 30.4 Å². The van der Waals surface area contributed by atoms with Crippen LogP contribution in [0, 0.1) is 6.92 Å². The van der Waals surface area contributed by atoms with Crippen LogP contribution in [0.4, 0.5) is 4.79 Å². The van der Waals surface area contributed by atoms with Gasteiger partial charge in [-0.3, -0.25) is 0 Å². The Morgan fingerprint density at radius 3 is 2.03 bits per heavy atom. The maximum absolute atomic E-state index is 12.1. The van der Waals surface area contributed by atoms with Crippen LogP contribution in [0.25, 0.3) is 0 Å². The molecule has 10 nitrogen and oxygen atoms in total. The van der Waals surface area contributed by atoms with Crippen LogP contribution >= 0.6 is 0 Å². The Morgan fingerprint density at radius 1 is 1.03 bits per heavy atom. The molecule has 0 atom stereocenters. The average Bonchev–Trinajstić information content (AvgIpc) is 2.76. The van der Waals surface area contributed by atoms with Crippen LogP contribution in [-0.4, -0.2) is 84.4 Å². The smallest absolute Gasteiger partial charge is 0.410 e. The van der Waals surface area contributed by atoms with Crippen molar-refractivity contribution in [2.75, 3.05) is 26.4 Å².